The Labute approximate surface area is 199 Å². The van der Waals surface area contributed by atoms with Crippen molar-refractivity contribution in [1.82, 2.24) is 0 Å². The fraction of sp³-hybridized carbons (Fsp3) is 0.172. The van der Waals surface area contributed by atoms with Crippen molar-refractivity contribution in [1.29, 1.82) is 0 Å². The van der Waals surface area contributed by atoms with E-state index < -0.39 is 16.4 Å². The Balaban J connectivity index is 1.91. The van der Waals surface area contributed by atoms with Gasteiger partial charge in [-0.1, -0.05) is 0 Å². The molecule has 3 heteroatoms. The minimum atomic E-state index is -4.92. The average molecular weight is 538 g/mol. The monoisotopic (exact) mass is 535 g/mol. The third kappa shape index (κ3) is 3.28. The first-order chi connectivity index (χ1) is 15.5. The Bertz CT molecular complexity index is 1180. The first kappa shape index (κ1) is 22.2. The van der Waals surface area contributed by atoms with Crippen LogP contribution in [0.25, 0.3) is 11.1 Å². The van der Waals surface area contributed by atoms with Gasteiger partial charge >= 0.3 is 201 Å². The summed E-state index contributed by atoms with van der Waals surface area (Å²) in [5, 5.41) is 0. The summed E-state index contributed by atoms with van der Waals surface area (Å²) in [4.78, 5) is 0. The van der Waals surface area contributed by atoms with E-state index in [4.69, 9.17) is 17.0 Å². The van der Waals surface area contributed by atoms with Crippen molar-refractivity contribution in [2.45, 2.75) is 30.3 Å². The summed E-state index contributed by atoms with van der Waals surface area (Å²) < 4.78 is 2.15. The second kappa shape index (κ2) is 8.28. The molecule has 0 nitrogen and oxygen atoms in total. The molecule has 0 unspecified atom stereocenters. The fourth-order valence-corrected chi connectivity index (χ4v) is 21.4. The summed E-state index contributed by atoms with van der Waals surface area (Å²) in [6.45, 7) is 4.41. The van der Waals surface area contributed by atoms with Crippen LogP contribution in [-0.2, 0) is 29.2 Å². The molecule has 0 aromatic heterocycles. The molecule has 0 fully saturated rings. The number of rotatable bonds is 5. The number of halogens is 2. The van der Waals surface area contributed by atoms with Crippen molar-refractivity contribution in [2.24, 2.45) is 0 Å². The Morgan fingerprint density at radius 1 is 0.594 bits per heavy atom. The van der Waals surface area contributed by atoms with Gasteiger partial charge < -0.3 is 0 Å². The Kier molecular flexibility index (Phi) is 5.73. The summed E-state index contributed by atoms with van der Waals surface area (Å²) in [7, 11) is 16.1. The predicted octanol–water partition coefficient (Wildman–Crippen LogP) is 7.53. The third-order valence-electron chi connectivity index (χ3n) is 7.07. The van der Waals surface area contributed by atoms with Crippen LogP contribution >= 0.6 is 17.0 Å². The van der Waals surface area contributed by atoms with E-state index in [-0.39, 0.29) is 3.63 Å². The quantitative estimate of drug-likeness (QED) is 0.247. The summed E-state index contributed by atoms with van der Waals surface area (Å²) in [6, 6.07) is 34.7. The number of benzene rings is 4. The Hall–Kier alpha value is -1.66. The second-order valence-electron chi connectivity index (χ2n) is 8.80. The van der Waals surface area contributed by atoms with Gasteiger partial charge in [-0.05, 0) is 0 Å². The molecule has 0 bridgehead atoms. The van der Waals surface area contributed by atoms with E-state index in [0.29, 0.717) is 0 Å². The molecule has 0 saturated carbocycles. The van der Waals surface area contributed by atoms with Crippen LogP contribution in [0.15, 0.2) is 97.1 Å². The molecule has 161 valence electrons. The van der Waals surface area contributed by atoms with Gasteiger partial charge in [-0.25, -0.2) is 0 Å². The average Bonchev–Trinajstić information content (AvgIpc) is 3.18. The van der Waals surface area contributed by atoms with E-state index in [9.17, 15) is 0 Å². The molecule has 0 N–H and O–H groups in total. The SMILES string of the molecule is CCc1ccc2c(c1)[CH]([Zr]([Cl])([Cl])([c]1ccccc1)[c]1ccccc1)c1cc(CC)ccc1-2. The topological polar surface area (TPSA) is 0 Å². The van der Waals surface area contributed by atoms with E-state index in [1.165, 1.54) is 33.4 Å². The molecule has 1 aliphatic rings. The number of hydrogen-bond donors (Lipinski definition) is 0. The fourth-order valence-electron chi connectivity index (χ4n) is 5.33. The van der Waals surface area contributed by atoms with Crippen LogP contribution in [0, 0.1) is 0 Å². The van der Waals surface area contributed by atoms with Crippen LogP contribution in [0.2, 0.25) is 0 Å². The van der Waals surface area contributed by atoms with Crippen molar-refractivity contribution in [3.63, 3.8) is 0 Å². The second-order valence-corrected chi connectivity index (χ2v) is 28.8. The summed E-state index contributed by atoms with van der Waals surface area (Å²) in [6.07, 6.45) is 1.98. The maximum atomic E-state index is 8.07. The van der Waals surface area contributed by atoms with E-state index in [2.05, 4.69) is 98.8 Å². The Morgan fingerprint density at radius 3 is 1.38 bits per heavy atom. The van der Waals surface area contributed by atoms with Crippen LogP contribution in [0.4, 0.5) is 0 Å². The molecule has 0 atom stereocenters. The first-order valence-corrected chi connectivity index (χ1v) is 21.6. The van der Waals surface area contributed by atoms with E-state index in [1.54, 1.807) is 0 Å². The molecule has 32 heavy (non-hydrogen) atoms. The van der Waals surface area contributed by atoms with Crippen LogP contribution in [-0.4, -0.2) is 0 Å². The molecule has 0 heterocycles. The van der Waals surface area contributed by atoms with Crippen LogP contribution in [0.3, 0.4) is 0 Å². The van der Waals surface area contributed by atoms with Gasteiger partial charge in [-0.2, -0.15) is 0 Å². The van der Waals surface area contributed by atoms with Crippen molar-refractivity contribution in [3.05, 3.63) is 119 Å². The van der Waals surface area contributed by atoms with E-state index >= 15 is 0 Å². The van der Waals surface area contributed by atoms with Crippen LogP contribution in [0.5, 0.6) is 0 Å². The minimum absolute atomic E-state index is 0.0347. The molecule has 1 aliphatic carbocycles. The van der Waals surface area contributed by atoms with Gasteiger partial charge in [-0.3, -0.25) is 0 Å². The first-order valence-electron chi connectivity index (χ1n) is 11.4. The van der Waals surface area contributed by atoms with Crippen LogP contribution in [0.1, 0.15) is 39.7 Å². The molecule has 4 aromatic carbocycles. The van der Waals surface area contributed by atoms with E-state index in [1.807, 2.05) is 12.1 Å². The van der Waals surface area contributed by atoms with Gasteiger partial charge in [0.25, 0.3) is 0 Å². The van der Waals surface area contributed by atoms with Gasteiger partial charge in [-0.15, -0.1) is 0 Å². The van der Waals surface area contributed by atoms with Crippen molar-refractivity contribution < 1.29 is 16.4 Å². The molecule has 0 spiro atoms. The zero-order valence-electron chi connectivity index (χ0n) is 18.5. The van der Waals surface area contributed by atoms with Gasteiger partial charge in [0.1, 0.15) is 0 Å². The van der Waals surface area contributed by atoms with Gasteiger partial charge in [0.2, 0.25) is 0 Å². The van der Waals surface area contributed by atoms with Crippen LogP contribution < -0.4 is 6.54 Å². The summed E-state index contributed by atoms with van der Waals surface area (Å²) in [5.74, 6) is 0. The normalized spacial score (nSPS) is 14.4. The van der Waals surface area contributed by atoms with Crippen molar-refractivity contribution >= 4 is 23.6 Å². The molecule has 5 rings (SSSR count). The van der Waals surface area contributed by atoms with Gasteiger partial charge in [0, 0.05) is 0 Å². The number of aryl methyl sites for hydroxylation is 2. The molecular weight excluding hydrogens is 510 g/mol. The van der Waals surface area contributed by atoms with Crippen molar-refractivity contribution in [3.8, 4) is 11.1 Å². The standard InChI is InChI=1S/C17H17.2C6H5.2ClH.Zr/c1-3-12-5-7-16-14(9-12)11-15-10-13(4-2)6-8-17(15)16;2*1-2-4-6-5-3-1;;;/h5-11H,3-4H2,1-2H3;2*1-5H;2*1H;/q;;;;;+2/p-2. The molecule has 0 amide bonds. The number of hydrogen-bond acceptors (Lipinski definition) is 0. The summed E-state index contributed by atoms with van der Waals surface area (Å²) >= 11 is -4.92. The molecule has 0 aliphatic heterocycles. The zero-order valence-corrected chi connectivity index (χ0v) is 22.5. The third-order valence-corrected chi connectivity index (χ3v) is 25.7. The predicted molar refractivity (Wildman–Crippen MR) is 136 cm³/mol. The number of fused-ring (bicyclic) bond motifs is 3. The van der Waals surface area contributed by atoms with Gasteiger partial charge in [0.15, 0.2) is 0 Å². The van der Waals surface area contributed by atoms with E-state index in [0.717, 1.165) is 19.4 Å². The maximum absolute atomic E-state index is 8.07. The summed E-state index contributed by atoms with van der Waals surface area (Å²) in [5.41, 5.74) is 7.77. The molecule has 0 saturated heterocycles. The van der Waals surface area contributed by atoms with Crippen molar-refractivity contribution in [2.75, 3.05) is 0 Å². The zero-order chi connectivity index (χ0) is 22.4. The molecular formula is C29H27Cl2Zr. The molecule has 4 aromatic rings. The molecule has 0 radical (unpaired) electrons. The Morgan fingerprint density at radius 2 is 1.00 bits per heavy atom. The van der Waals surface area contributed by atoms with Gasteiger partial charge in [0.05, 0.1) is 0 Å².